The number of benzene rings is 1. The van der Waals surface area contributed by atoms with Gasteiger partial charge in [0.15, 0.2) is 0 Å². The van der Waals surface area contributed by atoms with E-state index >= 15 is 0 Å². The maximum atomic E-state index is 11.8. The molecular weight excluding hydrogens is 256 g/mol. The highest BCUT2D eigenvalue weighted by atomic mass is 16.5. The Kier molecular flexibility index (Phi) is 6.89. The Hall–Kier alpha value is -2.30. The molecule has 1 rings (SSSR count). The molecule has 1 aromatic rings. The summed E-state index contributed by atoms with van der Waals surface area (Å²) in [6.07, 6.45) is 1.95. The molecule has 0 saturated carbocycles. The van der Waals surface area contributed by atoms with E-state index in [1.807, 2.05) is 6.07 Å². The van der Waals surface area contributed by atoms with Crippen LogP contribution in [0.4, 0.5) is 5.69 Å². The zero-order valence-electron chi connectivity index (χ0n) is 11.6. The van der Waals surface area contributed by atoms with Crippen molar-refractivity contribution in [1.29, 1.82) is 0 Å². The van der Waals surface area contributed by atoms with Gasteiger partial charge in [-0.1, -0.05) is 18.2 Å². The van der Waals surface area contributed by atoms with Crippen molar-refractivity contribution in [3.8, 4) is 0 Å². The number of anilines is 1. The monoisotopic (exact) mass is 276 g/mol. The highest BCUT2D eigenvalue weighted by Crippen LogP contribution is 2.16. The number of hydrogen-bond acceptors (Lipinski definition) is 4. The summed E-state index contributed by atoms with van der Waals surface area (Å²) in [6.45, 7) is 6.52. The van der Waals surface area contributed by atoms with Gasteiger partial charge in [0.25, 0.3) is 0 Å². The highest BCUT2D eigenvalue weighted by Gasteiger charge is 2.11. The Morgan fingerprint density at radius 2 is 2.10 bits per heavy atom. The molecule has 1 amide bonds. The maximum absolute atomic E-state index is 11.8. The summed E-state index contributed by atoms with van der Waals surface area (Å²) in [4.78, 5) is 23.2. The zero-order valence-corrected chi connectivity index (χ0v) is 11.6. The summed E-state index contributed by atoms with van der Waals surface area (Å²) < 4.78 is 4.98. The summed E-state index contributed by atoms with van der Waals surface area (Å²) in [7, 11) is 0. The first-order valence-electron chi connectivity index (χ1n) is 6.56. The second-order valence-corrected chi connectivity index (χ2v) is 4.04. The lowest BCUT2D eigenvalue weighted by Gasteiger charge is -2.11. The normalized spacial score (nSPS) is 9.65. The van der Waals surface area contributed by atoms with E-state index in [-0.39, 0.29) is 11.9 Å². The Balaban J connectivity index is 2.53. The Bertz CT molecular complexity index is 472. The molecule has 0 aliphatic rings. The van der Waals surface area contributed by atoms with Gasteiger partial charge in [-0.25, -0.2) is 4.79 Å². The topological polar surface area (TPSA) is 67.4 Å². The fraction of sp³-hybridized carbons (Fsp3) is 0.333. The molecule has 0 aliphatic heterocycles. The Morgan fingerprint density at radius 1 is 1.35 bits per heavy atom. The van der Waals surface area contributed by atoms with Crippen LogP contribution >= 0.6 is 0 Å². The van der Waals surface area contributed by atoms with Crippen molar-refractivity contribution in [2.45, 2.75) is 13.3 Å². The molecular formula is C15H20N2O3. The van der Waals surface area contributed by atoms with Crippen LogP contribution in [0.15, 0.2) is 36.9 Å². The molecule has 0 saturated heterocycles. The lowest BCUT2D eigenvalue weighted by Crippen LogP contribution is -2.25. The van der Waals surface area contributed by atoms with E-state index in [9.17, 15) is 9.59 Å². The Labute approximate surface area is 119 Å². The molecule has 0 aliphatic carbocycles. The van der Waals surface area contributed by atoms with E-state index in [0.717, 1.165) is 0 Å². The van der Waals surface area contributed by atoms with Gasteiger partial charge in [0.05, 0.1) is 12.2 Å². The van der Waals surface area contributed by atoms with Crippen LogP contribution in [0.5, 0.6) is 0 Å². The molecule has 108 valence electrons. The fourth-order valence-corrected chi connectivity index (χ4v) is 1.61. The summed E-state index contributed by atoms with van der Waals surface area (Å²) in [5.41, 5.74) is 1.14. The third-order valence-corrected chi connectivity index (χ3v) is 2.53. The SMILES string of the molecule is C=CCNC(=O)CCNc1ccccc1C(=O)OCC. The molecule has 20 heavy (non-hydrogen) atoms. The van der Waals surface area contributed by atoms with E-state index in [1.165, 1.54) is 0 Å². The van der Waals surface area contributed by atoms with Crippen molar-refractivity contribution < 1.29 is 14.3 Å². The van der Waals surface area contributed by atoms with Gasteiger partial charge in [-0.05, 0) is 19.1 Å². The highest BCUT2D eigenvalue weighted by molar-refractivity contribution is 5.95. The number of para-hydroxylation sites is 1. The molecule has 0 spiro atoms. The summed E-state index contributed by atoms with van der Waals surface area (Å²) in [5, 5.41) is 5.76. The number of amides is 1. The number of rotatable bonds is 8. The fourth-order valence-electron chi connectivity index (χ4n) is 1.61. The average molecular weight is 276 g/mol. The molecule has 1 aromatic carbocycles. The van der Waals surface area contributed by atoms with Crippen LogP contribution in [-0.2, 0) is 9.53 Å². The first-order valence-corrected chi connectivity index (χ1v) is 6.56. The third kappa shape index (κ3) is 5.14. The second kappa shape index (κ2) is 8.74. The number of ether oxygens (including phenoxy) is 1. The molecule has 0 heterocycles. The molecule has 0 atom stereocenters. The standard InChI is InChI=1S/C15H20N2O3/c1-3-10-17-14(18)9-11-16-13-8-6-5-7-12(13)15(19)20-4-2/h3,5-8,16H,1,4,9-11H2,2H3,(H,17,18). The minimum Gasteiger partial charge on any atom is -0.462 e. The van der Waals surface area contributed by atoms with Crippen LogP contribution < -0.4 is 10.6 Å². The number of hydrogen-bond donors (Lipinski definition) is 2. The summed E-state index contributed by atoms with van der Waals surface area (Å²) >= 11 is 0. The molecule has 5 nitrogen and oxygen atoms in total. The van der Waals surface area contributed by atoms with Crippen molar-refractivity contribution >= 4 is 17.6 Å². The van der Waals surface area contributed by atoms with Crippen molar-refractivity contribution in [2.24, 2.45) is 0 Å². The number of carbonyl (C=O) groups is 2. The van der Waals surface area contributed by atoms with Gasteiger partial charge in [0.2, 0.25) is 5.91 Å². The maximum Gasteiger partial charge on any atom is 0.340 e. The minimum atomic E-state index is -0.369. The van der Waals surface area contributed by atoms with Crippen LogP contribution in [-0.4, -0.2) is 31.6 Å². The van der Waals surface area contributed by atoms with Gasteiger partial charge in [0.1, 0.15) is 0 Å². The van der Waals surface area contributed by atoms with Crippen LogP contribution in [0.1, 0.15) is 23.7 Å². The molecule has 5 heteroatoms. The summed E-state index contributed by atoms with van der Waals surface area (Å²) in [6, 6.07) is 7.07. The van der Waals surface area contributed by atoms with Gasteiger partial charge in [-0.15, -0.1) is 6.58 Å². The predicted octanol–water partition coefficient (Wildman–Crippen LogP) is 1.97. The van der Waals surface area contributed by atoms with Crippen molar-refractivity contribution in [1.82, 2.24) is 5.32 Å². The van der Waals surface area contributed by atoms with Crippen LogP contribution in [0.2, 0.25) is 0 Å². The molecule has 0 unspecified atom stereocenters. The average Bonchev–Trinajstić information content (AvgIpc) is 2.46. The van der Waals surface area contributed by atoms with E-state index < -0.39 is 0 Å². The lowest BCUT2D eigenvalue weighted by molar-refractivity contribution is -0.120. The van der Waals surface area contributed by atoms with Crippen LogP contribution in [0, 0.1) is 0 Å². The zero-order chi connectivity index (χ0) is 14.8. The van der Waals surface area contributed by atoms with Gasteiger partial charge >= 0.3 is 5.97 Å². The van der Waals surface area contributed by atoms with E-state index in [4.69, 9.17) is 4.74 Å². The van der Waals surface area contributed by atoms with Gasteiger partial charge < -0.3 is 15.4 Å². The minimum absolute atomic E-state index is 0.0639. The van der Waals surface area contributed by atoms with Gasteiger partial charge in [-0.2, -0.15) is 0 Å². The smallest absolute Gasteiger partial charge is 0.340 e. The first kappa shape index (κ1) is 15.8. The summed E-state index contributed by atoms with van der Waals surface area (Å²) in [5.74, 6) is -0.433. The predicted molar refractivity (Wildman–Crippen MR) is 78.7 cm³/mol. The molecule has 0 bridgehead atoms. The van der Waals surface area contributed by atoms with Crippen molar-refractivity contribution in [3.63, 3.8) is 0 Å². The van der Waals surface area contributed by atoms with E-state index in [2.05, 4.69) is 17.2 Å². The lowest BCUT2D eigenvalue weighted by atomic mass is 10.1. The quantitative estimate of drug-likeness (QED) is 0.562. The largest absolute Gasteiger partial charge is 0.462 e. The number of nitrogens with one attached hydrogen (secondary N) is 2. The van der Waals surface area contributed by atoms with Gasteiger partial charge in [-0.3, -0.25) is 4.79 Å². The van der Waals surface area contributed by atoms with Crippen molar-refractivity contribution in [3.05, 3.63) is 42.5 Å². The number of carbonyl (C=O) groups excluding carboxylic acids is 2. The van der Waals surface area contributed by atoms with Crippen LogP contribution in [0.25, 0.3) is 0 Å². The molecule has 0 fully saturated rings. The van der Waals surface area contributed by atoms with Crippen molar-refractivity contribution in [2.75, 3.05) is 25.0 Å². The van der Waals surface area contributed by atoms with E-state index in [0.29, 0.717) is 37.4 Å². The molecule has 0 radical (unpaired) electrons. The first-order chi connectivity index (χ1) is 9.69. The van der Waals surface area contributed by atoms with Crippen LogP contribution in [0.3, 0.4) is 0 Å². The molecule has 0 aromatic heterocycles. The third-order valence-electron chi connectivity index (χ3n) is 2.53. The molecule has 2 N–H and O–H groups in total. The second-order valence-electron chi connectivity index (χ2n) is 4.04. The Morgan fingerprint density at radius 3 is 2.80 bits per heavy atom. The van der Waals surface area contributed by atoms with Gasteiger partial charge in [0, 0.05) is 25.2 Å². The number of esters is 1. The van der Waals surface area contributed by atoms with E-state index in [1.54, 1.807) is 31.2 Å².